The van der Waals surface area contributed by atoms with E-state index in [-0.39, 0.29) is 11.5 Å². The van der Waals surface area contributed by atoms with Crippen molar-refractivity contribution in [2.24, 2.45) is 0 Å². The summed E-state index contributed by atoms with van der Waals surface area (Å²) >= 11 is 0. The topological polar surface area (TPSA) is 16.4 Å². The van der Waals surface area contributed by atoms with E-state index >= 15 is 0 Å². The van der Waals surface area contributed by atoms with E-state index in [4.69, 9.17) is 4.42 Å². The molecule has 0 radical (unpaired) electrons. The molecule has 1 fully saturated rings. The van der Waals surface area contributed by atoms with Crippen LogP contribution in [0.1, 0.15) is 80.5 Å². The molecule has 0 saturated heterocycles. The lowest BCUT2D eigenvalue weighted by molar-refractivity contribution is 0.445. The summed E-state index contributed by atoms with van der Waals surface area (Å²) in [5.74, 6) is 0.621. The van der Waals surface area contributed by atoms with Crippen LogP contribution in [-0.4, -0.2) is 6.04 Å². The van der Waals surface area contributed by atoms with E-state index in [1.54, 1.807) is 0 Å². The minimum Gasteiger partial charge on any atom is -0.456 e. The first kappa shape index (κ1) is 30.5. The zero-order valence-electron chi connectivity index (χ0n) is 29.5. The molecule has 1 atom stereocenters. The van der Waals surface area contributed by atoms with Gasteiger partial charge in [0.2, 0.25) is 0 Å². The summed E-state index contributed by atoms with van der Waals surface area (Å²) < 4.78 is 6.33. The number of para-hydroxylation sites is 1. The molecule has 250 valence electrons. The van der Waals surface area contributed by atoms with E-state index in [0.29, 0.717) is 5.92 Å². The van der Waals surface area contributed by atoms with Crippen LogP contribution < -0.4 is 4.90 Å². The number of nitrogens with zero attached hydrogens (tertiary/aromatic N) is 1. The maximum absolute atomic E-state index is 6.33. The Morgan fingerprint density at radius 1 is 0.627 bits per heavy atom. The number of rotatable bonds is 5. The molecule has 6 aromatic carbocycles. The fourth-order valence-corrected chi connectivity index (χ4v) is 9.71. The molecule has 1 aromatic heterocycles. The molecule has 3 aliphatic carbocycles. The van der Waals surface area contributed by atoms with Gasteiger partial charge in [-0.15, -0.1) is 0 Å². The van der Waals surface area contributed by atoms with E-state index in [9.17, 15) is 0 Å². The maximum Gasteiger partial charge on any atom is 0.135 e. The van der Waals surface area contributed by atoms with Crippen molar-refractivity contribution in [2.45, 2.75) is 69.7 Å². The summed E-state index contributed by atoms with van der Waals surface area (Å²) in [5, 5.41) is 5.11. The van der Waals surface area contributed by atoms with Crippen molar-refractivity contribution in [1.29, 1.82) is 0 Å². The Bertz CT molecular complexity index is 2530. The Kier molecular flexibility index (Phi) is 7.10. The molecule has 1 unspecified atom stereocenters. The minimum absolute atomic E-state index is 0.0893. The van der Waals surface area contributed by atoms with Crippen molar-refractivity contribution in [3.63, 3.8) is 0 Å². The summed E-state index contributed by atoms with van der Waals surface area (Å²) in [4.78, 5) is 2.62. The van der Waals surface area contributed by atoms with Gasteiger partial charge in [-0.2, -0.15) is 0 Å². The lowest BCUT2D eigenvalue weighted by atomic mass is 9.79. The van der Waals surface area contributed by atoms with Crippen LogP contribution in [0.5, 0.6) is 0 Å². The van der Waals surface area contributed by atoms with Crippen molar-refractivity contribution >= 4 is 49.7 Å². The van der Waals surface area contributed by atoms with Gasteiger partial charge in [-0.1, -0.05) is 136 Å². The zero-order chi connectivity index (χ0) is 34.1. The Labute approximate surface area is 300 Å². The van der Waals surface area contributed by atoms with Crippen molar-refractivity contribution in [1.82, 2.24) is 0 Å². The van der Waals surface area contributed by atoms with Crippen molar-refractivity contribution < 1.29 is 4.42 Å². The van der Waals surface area contributed by atoms with Crippen molar-refractivity contribution in [3.05, 3.63) is 162 Å². The minimum atomic E-state index is -0.0893. The highest BCUT2D eigenvalue weighted by Crippen LogP contribution is 2.51. The van der Waals surface area contributed by atoms with Gasteiger partial charge < -0.3 is 9.32 Å². The number of allylic oxidation sites excluding steroid dienone is 2. The summed E-state index contributed by atoms with van der Waals surface area (Å²) in [6, 6.07) is 45.5. The molecule has 51 heavy (non-hydrogen) atoms. The molecule has 2 heteroatoms. The number of furan rings is 1. The molecule has 0 N–H and O–H groups in total. The average molecular weight is 662 g/mol. The third-order valence-electron chi connectivity index (χ3n) is 12.2. The van der Waals surface area contributed by atoms with Crippen molar-refractivity contribution in [2.75, 3.05) is 4.90 Å². The normalized spacial score (nSPS) is 18.2. The summed E-state index contributed by atoms with van der Waals surface area (Å²) in [7, 11) is 0. The predicted octanol–water partition coefficient (Wildman–Crippen LogP) is 13.6. The van der Waals surface area contributed by atoms with E-state index < -0.39 is 0 Å². The Hall–Kier alpha value is -5.34. The zero-order valence-corrected chi connectivity index (χ0v) is 29.5. The first-order valence-electron chi connectivity index (χ1n) is 18.9. The first-order chi connectivity index (χ1) is 25.1. The second kappa shape index (κ2) is 11.9. The second-order valence-corrected chi connectivity index (χ2v) is 15.4. The summed E-state index contributed by atoms with van der Waals surface area (Å²) in [5.41, 5.74) is 14.0. The van der Waals surface area contributed by atoms with Gasteiger partial charge in [-0.05, 0) is 111 Å². The fraction of sp³-hybridized carbons (Fsp3) is 0.224. The molecule has 2 nitrogen and oxygen atoms in total. The van der Waals surface area contributed by atoms with Crippen LogP contribution in [-0.2, 0) is 5.41 Å². The number of anilines is 2. The Morgan fingerprint density at radius 3 is 2.25 bits per heavy atom. The van der Waals surface area contributed by atoms with Gasteiger partial charge in [0.1, 0.15) is 11.2 Å². The molecular weight excluding hydrogens is 619 g/mol. The molecule has 0 amide bonds. The van der Waals surface area contributed by atoms with Gasteiger partial charge >= 0.3 is 0 Å². The lowest BCUT2D eigenvalue weighted by Gasteiger charge is -2.38. The van der Waals surface area contributed by atoms with E-state index in [1.165, 1.54) is 93.2 Å². The van der Waals surface area contributed by atoms with Gasteiger partial charge in [0, 0.05) is 27.6 Å². The second-order valence-electron chi connectivity index (χ2n) is 15.4. The lowest BCUT2D eigenvalue weighted by Crippen LogP contribution is -2.33. The highest BCUT2D eigenvalue weighted by Gasteiger charge is 2.37. The number of benzene rings is 6. The number of hydrogen-bond acceptors (Lipinski definition) is 2. The molecule has 0 spiro atoms. The molecular formula is C49H43NO. The average Bonchev–Trinajstić information content (AvgIpc) is 3.66. The first-order valence-corrected chi connectivity index (χ1v) is 18.9. The fourth-order valence-electron chi connectivity index (χ4n) is 9.71. The third kappa shape index (κ3) is 4.83. The Morgan fingerprint density at radius 2 is 1.35 bits per heavy atom. The monoisotopic (exact) mass is 661 g/mol. The molecule has 7 aromatic rings. The molecule has 1 saturated carbocycles. The standard InChI is InChI=1S/C49H43NO/c1-49(2)43-23-9-6-18-37(43)38-28-26-35(31-44(38)49)50(34-27-29-47-42(30-34)40-20-8-11-25-46(40)51-47)45-24-10-7-19-39(45)41-22-13-17-33-16-12-21-36(48(33)41)32-14-4-3-5-15-32/h6-13,16-23,25-32,45H,3-5,14-15,24H2,1-2H3. The van der Waals surface area contributed by atoms with Crippen LogP contribution >= 0.6 is 0 Å². The predicted molar refractivity (Wildman–Crippen MR) is 215 cm³/mol. The molecule has 10 rings (SSSR count). The van der Waals surface area contributed by atoms with Crippen LogP contribution in [0.25, 0.3) is 49.4 Å². The quantitative estimate of drug-likeness (QED) is 0.183. The summed E-state index contributed by atoms with van der Waals surface area (Å²) in [6.45, 7) is 4.76. The van der Waals surface area contributed by atoms with Crippen molar-refractivity contribution in [3.8, 4) is 11.1 Å². The van der Waals surface area contributed by atoms with Crippen LogP contribution in [0.15, 0.2) is 144 Å². The number of fused-ring (bicyclic) bond motifs is 7. The molecule has 3 aliphatic rings. The number of hydrogen-bond donors (Lipinski definition) is 0. The van der Waals surface area contributed by atoms with Gasteiger partial charge in [0.05, 0.1) is 6.04 Å². The van der Waals surface area contributed by atoms with E-state index in [0.717, 1.165) is 28.4 Å². The van der Waals surface area contributed by atoms with E-state index in [2.05, 4.69) is 158 Å². The molecule has 1 heterocycles. The van der Waals surface area contributed by atoms with Crippen LogP contribution in [0.2, 0.25) is 0 Å². The smallest absolute Gasteiger partial charge is 0.135 e. The van der Waals surface area contributed by atoms with Gasteiger partial charge in [0.25, 0.3) is 0 Å². The highest BCUT2D eigenvalue weighted by atomic mass is 16.3. The van der Waals surface area contributed by atoms with Gasteiger partial charge in [0.15, 0.2) is 0 Å². The SMILES string of the molecule is CC1(C)c2ccccc2-c2ccc(N(c3ccc4oc5ccccc5c4c3)C3CC=CC=C3c3cccc4cccc(C5CCCCC5)c34)cc21. The van der Waals surface area contributed by atoms with E-state index in [1.807, 2.05) is 0 Å². The van der Waals surface area contributed by atoms with Crippen LogP contribution in [0.3, 0.4) is 0 Å². The largest absolute Gasteiger partial charge is 0.456 e. The summed E-state index contributed by atoms with van der Waals surface area (Å²) in [6.07, 6.45) is 14.5. The third-order valence-corrected chi connectivity index (χ3v) is 12.2. The highest BCUT2D eigenvalue weighted by molar-refractivity contribution is 6.06. The molecule has 0 aliphatic heterocycles. The van der Waals surface area contributed by atoms with Gasteiger partial charge in [-0.3, -0.25) is 0 Å². The van der Waals surface area contributed by atoms with Crippen LogP contribution in [0, 0.1) is 0 Å². The maximum atomic E-state index is 6.33. The van der Waals surface area contributed by atoms with Gasteiger partial charge in [-0.25, -0.2) is 0 Å². The molecule has 0 bridgehead atoms. The Balaban J connectivity index is 1.18. The van der Waals surface area contributed by atoms with Crippen LogP contribution in [0.4, 0.5) is 11.4 Å².